The van der Waals surface area contributed by atoms with Crippen molar-refractivity contribution < 1.29 is 24.5 Å². The van der Waals surface area contributed by atoms with E-state index in [0.29, 0.717) is 17.7 Å². The number of amides is 2. The minimum absolute atomic E-state index is 0.117. The molecule has 4 N–H and O–H groups in total. The van der Waals surface area contributed by atoms with Crippen LogP contribution in [-0.2, 0) is 16.1 Å². The van der Waals surface area contributed by atoms with Crippen LogP contribution in [-0.4, -0.2) is 52.8 Å². The molecule has 1 aliphatic heterocycles. The fraction of sp³-hybridized carbons (Fsp3) is 0.269. The standard InChI is InChI=1S/C26H28BN3O5/c1-2-23(27(33)34)29-25(32)26(15-18-9-4-3-5-10-18)16-20(30-35-26)17-28-24(31)22-14-8-12-19-11-6-7-13-21(19)22/h3-14,23,33-34H,2,15-17H2,1H3,(H,28,31)(H,29,32)/t23-,26?/m0/s1. The van der Waals surface area contributed by atoms with Crippen LogP contribution in [0.2, 0.25) is 0 Å². The Morgan fingerprint density at radius 1 is 1.06 bits per heavy atom. The van der Waals surface area contributed by atoms with Gasteiger partial charge in [-0.15, -0.1) is 0 Å². The van der Waals surface area contributed by atoms with E-state index in [1.54, 1.807) is 13.0 Å². The van der Waals surface area contributed by atoms with Crippen LogP contribution < -0.4 is 10.6 Å². The van der Waals surface area contributed by atoms with Crippen molar-refractivity contribution in [2.75, 3.05) is 6.54 Å². The Hall–Kier alpha value is -3.69. The van der Waals surface area contributed by atoms with E-state index in [-0.39, 0.29) is 25.3 Å². The molecule has 2 amide bonds. The van der Waals surface area contributed by atoms with Gasteiger partial charge in [-0.1, -0.05) is 78.8 Å². The van der Waals surface area contributed by atoms with Crippen LogP contribution in [0.3, 0.4) is 0 Å². The number of hydrogen-bond donors (Lipinski definition) is 4. The second-order valence-electron chi connectivity index (χ2n) is 8.69. The SMILES string of the molecule is CC[C@H](NC(=O)C1(Cc2ccccc2)CC(CNC(=O)c2cccc3ccccc23)=NO1)B(O)O. The number of carbonyl (C=O) groups is 2. The van der Waals surface area contributed by atoms with Crippen molar-refractivity contribution in [3.05, 3.63) is 83.9 Å². The molecule has 9 heteroatoms. The molecule has 0 radical (unpaired) electrons. The van der Waals surface area contributed by atoms with Crippen molar-refractivity contribution in [3.8, 4) is 0 Å². The van der Waals surface area contributed by atoms with Gasteiger partial charge in [-0.25, -0.2) is 0 Å². The topological polar surface area (TPSA) is 120 Å². The number of fused-ring (bicyclic) bond motifs is 1. The Labute approximate surface area is 204 Å². The lowest BCUT2D eigenvalue weighted by Crippen LogP contribution is -2.55. The van der Waals surface area contributed by atoms with Crippen LogP contribution in [0.15, 0.2) is 78.0 Å². The molecule has 2 atom stereocenters. The summed E-state index contributed by atoms with van der Waals surface area (Å²) in [5.74, 6) is -1.57. The Balaban J connectivity index is 1.48. The maximum atomic E-state index is 13.3. The first-order valence-corrected chi connectivity index (χ1v) is 11.6. The second kappa shape index (κ2) is 10.7. The van der Waals surface area contributed by atoms with Crippen molar-refractivity contribution in [3.63, 3.8) is 0 Å². The number of carbonyl (C=O) groups excluding carboxylic acids is 2. The Morgan fingerprint density at radius 3 is 2.51 bits per heavy atom. The maximum Gasteiger partial charge on any atom is 0.475 e. The summed E-state index contributed by atoms with van der Waals surface area (Å²) in [7, 11) is -1.69. The third-order valence-electron chi connectivity index (χ3n) is 6.19. The van der Waals surface area contributed by atoms with Crippen LogP contribution in [0.4, 0.5) is 0 Å². The molecule has 4 rings (SSSR count). The maximum absolute atomic E-state index is 13.3. The molecule has 35 heavy (non-hydrogen) atoms. The molecule has 180 valence electrons. The van der Waals surface area contributed by atoms with Gasteiger partial charge in [0.2, 0.25) is 5.60 Å². The number of oxime groups is 1. The Bertz CT molecular complexity index is 1230. The molecule has 8 nitrogen and oxygen atoms in total. The van der Waals surface area contributed by atoms with E-state index in [9.17, 15) is 19.6 Å². The number of hydrogen-bond acceptors (Lipinski definition) is 6. The summed E-state index contributed by atoms with van der Waals surface area (Å²) in [5.41, 5.74) is 0.584. The molecule has 0 bridgehead atoms. The van der Waals surface area contributed by atoms with Crippen molar-refractivity contribution in [2.45, 2.75) is 37.7 Å². The zero-order chi connectivity index (χ0) is 24.8. The fourth-order valence-electron chi connectivity index (χ4n) is 4.25. The largest absolute Gasteiger partial charge is 0.475 e. The molecule has 0 saturated heterocycles. The normalized spacial score (nSPS) is 17.9. The first-order chi connectivity index (χ1) is 16.9. The van der Waals surface area contributed by atoms with Gasteiger partial charge >= 0.3 is 7.12 Å². The molecule has 3 aromatic rings. The van der Waals surface area contributed by atoms with Crippen LogP contribution in [0.1, 0.15) is 35.7 Å². The van der Waals surface area contributed by atoms with Gasteiger partial charge in [-0.2, -0.15) is 0 Å². The molecule has 1 unspecified atom stereocenters. The minimum atomic E-state index is -1.69. The quantitative estimate of drug-likeness (QED) is 0.356. The molecule has 3 aromatic carbocycles. The van der Waals surface area contributed by atoms with E-state index in [0.717, 1.165) is 16.3 Å². The number of rotatable bonds is 9. The van der Waals surface area contributed by atoms with Crippen LogP contribution in [0.5, 0.6) is 0 Å². The summed E-state index contributed by atoms with van der Waals surface area (Å²) in [5, 5.41) is 30.7. The summed E-state index contributed by atoms with van der Waals surface area (Å²) in [6, 6.07) is 22.6. The number of benzene rings is 3. The van der Waals surface area contributed by atoms with Crippen molar-refractivity contribution in [2.24, 2.45) is 5.16 Å². The molecule has 0 aliphatic carbocycles. The summed E-state index contributed by atoms with van der Waals surface area (Å²) >= 11 is 0. The molecule has 1 heterocycles. The van der Waals surface area contributed by atoms with Crippen LogP contribution >= 0.6 is 0 Å². The Kier molecular flexibility index (Phi) is 7.48. The van der Waals surface area contributed by atoms with Gasteiger partial charge in [-0.3, -0.25) is 9.59 Å². The average molecular weight is 473 g/mol. The van der Waals surface area contributed by atoms with E-state index in [1.807, 2.05) is 66.7 Å². The van der Waals surface area contributed by atoms with Gasteiger partial charge in [0, 0.05) is 18.4 Å². The minimum Gasteiger partial charge on any atom is -0.426 e. The van der Waals surface area contributed by atoms with Crippen molar-refractivity contribution in [1.82, 2.24) is 10.6 Å². The lowest BCUT2D eigenvalue weighted by atomic mass is 9.77. The molecule has 0 spiro atoms. The molecular formula is C26H28BN3O5. The first-order valence-electron chi connectivity index (χ1n) is 11.6. The van der Waals surface area contributed by atoms with Gasteiger partial charge in [0.05, 0.1) is 18.2 Å². The van der Waals surface area contributed by atoms with Gasteiger partial charge in [0.25, 0.3) is 11.8 Å². The highest BCUT2D eigenvalue weighted by Gasteiger charge is 2.47. The molecule has 0 aromatic heterocycles. The summed E-state index contributed by atoms with van der Waals surface area (Å²) in [6.07, 6.45) is 0.725. The second-order valence-corrected chi connectivity index (χ2v) is 8.69. The van der Waals surface area contributed by atoms with Gasteiger partial charge in [0.15, 0.2) is 0 Å². The molecular weight excluding hydrogens is 445 g/mol. The van der Waals surface area contributed by atoms with Crippen molar-refractivity contribution in [1.29, 1.82) is 0 Å². The average Bonchev–Trinajstić information content (AvgIpc) is 3.29. The smallest absolute Gasteiger partial charge is 0.426 e. The molecule has 1 aliphatic rings. The lowest BCUT2D eigenvalue weighted by Gasteiger charge is -2.28. The van der Waals surface area contributed by atoms with Gasteiger partial charge in [0.1, 0.15) is 0 Å². The van der Waals surface area contributed by atoms with Crippen LogP contribution in [0, 0.1) is 0 Å². The zero-order valence-corrected chi connectivity index (χ0v) is 19.5. The predicted octanol–water partition coefficient (Wildman–Crippen LogP) is 2.23. The predicted molar refractivity (Wildman–Crippen MR) is 135 cm³/mol. The summed E-state index contributed by atoms with van der Waals surface area (Å²) < 4.78 is 0. The van der Waals surface area contributed by atoms with Gasteiger partial charge in [-0.05, 0) is 28.8 Å². The highest BCUT2D eigenvalue weighted by Crippen LogP contribution is 2.29. The first kappa shape index (κ1) is 24.4. The lowest BCUT2D eigenvalue weighted by molar-refractivity contribution is -0.144. The molecule has 0 fully saturated rings. The summed E-state index contributed by atoms with van der Waals surface area (Å²) in [6.45, 7) is 1.86. The third kappa shape index (κ3) is 5.53. The third-order valence-corrected chi connectivity index (χ3v) is 6.19. The highest BCUT2D eigenvalue weighted by atomic mass is 16.7. The van der Waals surface area contributed by atoms with Crippen molar-refractivity contribution >= 4 is 35.4 Å². The molecule has 0 saturated carbocycles. The highest BCUT2D eigenvalue weighted by molar-refractivity contribution is 6.43. The van der Waals surface area contributed by atoms with E-state index < -0.39 is 24.6 Å². The van der Waals surface area contributed by atoms with Gasteiger partial charge < -0.3 is 25.5 Å². The fourth-order valence-corrected chi connectivity index (χ4v) is 4.25. The number of nitrogens with one attached hydrogen (secondary N) is 2. The monoisotopic (exact) mass is 473 g/mol. The van der Waals surface area contributed by atoms with E-state index in [2.05, 4.69) is 15.8 Å². The number of nitrogens with zero attached hydrogens (tertiary/aromatic N) is 1. The van der Waals surface area contributed by atoms with E-state index in [4.69, 9.17) is 4.84 Å². The van der Waals surface area contributed by atoms with E-state index >= 15 is 0 Å². The van der Waals surface area contributed by atoms with Crippen LogP contribution in [0.25, 0.3) is 10.8 Å². The zero-order valence-electron chi connectivity index (χ0n) is 19.5. The summed E-state index contributed by atoms with van der Waals surface area (Å²) in [4.78, 5) is 31.9. The van der Waals surface area contributed by atoms with E-state index in [1.165, 1.54) is 0 Å². The Morgan fingerprint density at radius 2 is 1.77 bits per heavy atom.